The van der Waals surface area contributed by atoms with E-state index in [2.05, 4.69) is 15.6 Å². The number of nitrogens with one attached hydrogen (secondary N) is 3. The summed E-state index contributed by atoms with van der Waals surface area (Å²) in [6.07, 6.45) is 7.68. The molecule has 0 bridgehead atoms. The molecule has 3 heterocycles. The second-order valence-electron chi connectivity index (χ2n) is 6.71. The number of carbonyl (C=O) groups is 2. The van der Waals surface area contributed by atoms with E-state index in [-0.39, 0.29) is 17.9 Å². The topological polar surface area (TPSA) is 77.2 Å². The molecule has 2 unspecified atom stereocenters. The predicted molar refractivity (Wildman–Crippen MR) is 88.2 cm³/mol. The average Bonchev–Trinajstić information content (AvgIpc) is 3.23. The van der Waals surface area contributed by atoms with Gasteiger partial charge in [0.25, 0.3) is 5.91 Å². The predicted octanol–water partition coefficient (Wildman–Crippen LogP) is 1.04. The highest BCUT2D eigenvalue weighted by atomic mass is 16.2. The lowest BCUT2D eigenvalue weighted by Crippen LogP contribution is -2.46. The van der Waals surface area contributed by atoms with Gasteiger partial charge in [0.2, 0.25) is 5.91 Å². The lowest BCUT2D eigenvalue weighted by atomic mass is 9.97. The highest BCUT2D eigenvalue weighted by Gasteiger charge is 2.27. The van der Waals surface area contributed by atoms with Crippen molar-refractivity contribution in [3.8, 4) is 0 Å². The van der Waals surface area contributed by atoms with E-state index in [9.17, 15) is 9.59 Å². The Kier molecular flexibility index (Phi) is 5.00. The van der Waals surface area contributed by atoms with Gasteiger partial charge in [0.15, 0.2) is 0 Å². The lowest BCUT2D eigenvalue weighted by Gasteiger charge is -2.33. The summed E-state index contributed by atoms with van der Waals surface area (Å²) >= 11 is 0. The Hall–Kier alpha value is -1.82. The zero-order valence-electron chi connectivity index (χ0n) is 13.7. The second kappa shape index (κ2) is 7.17. The number of rotatable bonds is 4. The largest absolute Gasteiger partial charge is 0.367 e. The van der Waals surface area contributed by atoms with E-state index in [0.29, 0.717) is 12.5 Å². The fourth-order valence-corrected chi connectivity index (χ4v) is 3.53. The van der Waals surface area contributed by atoms with E-state index in [1.165, 1.54) is 0 Å². The van der Waals surface area contributed by atoms with Crippen molar-refractivity contribution < 1.29 is 9.59 Å². The van der Waals surface area contributed by atoms with Gasteiger partial charge in [0, 0.05) is 32.0 Å². The number of carbonyl (C=O) groups excluding carboxylic acids is 2. The average molecular weight is 318 g/mol. The summed E-state index contributed by atoms with van der Waals surface area (Å²) in [6.45, 7) is 5.06. The molecule has 2 aliphatic heterocycles. The standard InChI is InChI=1S/C17H26N4O2/c1-12-8-18-10-14(12)17(23)21-7-3-4-13(11-21)9-20-16(22)15-5-2-6-19-15/h8,10,13,15,18-19H,2-7,9,11H2,1H3,(H,20,22). The number of aromatic amines is 1. The SMILES string of the molecule is Cc1c[nH]cc1C(=O)N1CCCC(CNC(=O)C2CCCN2)C1. The van der Waals surface area contributed by atoms with Crippen molar-refractivity contribution in [1.82, 2.24) is 20.5 Å². The summed E-state index contributed by atoms with van der Waals surface area (Å²) in [5, 5.41) is 6.27. The minimum absolute atomic E-state index is 0.0289. The molecule has 0 spiro atoms. The highest BCUT2D eigenvalue weighted by Crippen LogP contribution is 2.19. The van der Waals surface area contributed by atoms with Crippen LogP contribution in [0.25, 0.3) is 0 Å². The number of H-pyrrole nitrogens is 1. The van der Waals surface area contributed by atoms with Gasteiger partial charge in [-0.05, 0) is 50.6 Å². The van der Waals surface area contributed by atoms with Crippen molar-refractivity contribution >= 4 is 11.8 Å². The quantitative estimate of drug-likeness (QED) is 0.776. The molecule has 2 atom stereocenters. The first-order chi connectivity index (χ1) is 11.1. The van der Waals surface area contributed by atoms with Gasteiger partial charge in [-0.25, -0.2) is 0 Å². The van der Waals surface area contributed by atoms with Crippen LogP contribution in [0.1, 0.15) is 41.6 Å². The van der Waals surface area contributed by atoms with E-state index >= 15 is 0 Å². The zero-order valence-corrected chi connectivity index (χ0v) is 13.7. The van der Waals surface area contributed by atoms with Crippen molar-refractivity contribution in [1.29, 1.82) is 0 Å². The van der Waals surface area contributed by atoms with E-state index in [0.717, 1.165) is 56.4 Å². The minimum atomic E-state index is -0.0289. The minimum Gasteiger partial charge on any atom is -0.367 e. The Bertz CT molecular complexity index is 563. The van der Waals surface area contributed by atoms with Crippen LogP contribution in [0.3, 0.4) is 0 Å². The number of aryl methyl sites for hydroxylation is 1. The first-order valence-corrected chi connectivity index (χ1v) is 8.59. The molecule has 2 fully saturated rings. The molecule has 126 valence electrons. The van der Waals surface area contributed by atoms with Crippen LogP contribution in [0.5, 0.6) is 0 Å². The van der Waals surface area contributed by atoms with Gasteiger partial charge >= 0.3 is 0 Å². The Labute approximate surface area is 137 Å². The molecule has 23 heavy (non-hydrogen) atoms. The number of aromatic nitrogens is 1. The van der Waals surface area contributed by atoms with Crippen LogP contribution in [-0.4, -0.2) is 53.9 Å². The number of nitrogens with zero attached hydrogens (tertiary/aromatic N) is 1. The molecule has 0 radical (unpaired) electrons. The molecule has 0 saturated carbocycles. The van der Waals surface area contributed by atoms with E-state index in [1.807, 2.05) is 18.0 Å². The van der Waals surface area contributed by atoms with E-state index in [4.69, 9.17) is 0 Å². The molecule has 2 amide bonds. The fourth-order valence-electron chi connectivity index (χ4n) is 3.53. The number of hydrogen-bond acceptors (Lipinski definition) is 3. The maximum atomic E-state index is 12.6. The molecule has 0 aliphatic carbocycles. The summed E-state index contributed by atoms with van der Waals surface area (Å²) in [4.78, 5) is 29.6. The Balaban J connectivity index is 1.51. The van der Waals surface area contributed by atoms with Crippen molar-refractivity contribution in [3.63, 3.8) is 0 Å². The van der Waals surface area contributed by atoms with Crippen LogP contribution in [-0.2, 0) is 4.79 Å². The molecular formula is C17H26N4O2. The number of likely N-dealkylation sites (tertiary alicyclic amines) is 1. The van der Waals surface area contributed by atoms with Gasteiger partial charge in [-0.3, -0.25) is 9.59 Å². The van der Waals surface area contributed by atoms with Gasteiger partial charge in [-0.2, -0.15) is 0 Å². The molecule has 1 aromatic rings. The van der Waals surface area contributed by atoms with Gasteiger partial charge in [0.05, 0.1) is 11.6 Å². The third-order valence-corrected chi connectivity index (χ3v) is 4.93. The fraction of sp³-hybridized carbons (Fsp3) is 0.647. The lowest BCUT2D eigenvalue weighted by molar-refractivity contribution is -0.123. The van der Waals surface area contributed by atoms with Gasteiger partial charge in [0.1, 0.15) is 0 Å². The monoisotopic (exact) mass is 318 g/mol. The van der Waals surface area contributed by atoms with Crippen molar-refractivity contribution in [3.05, 3.63) is 23.5 Å². The summed E-state index contributed by atoms with van der Waals surface area (Å²) in [7, 11) is 0. The highest BCUT2D eigenvalue weighted by molar-refractivity contribution is 5.95. The maximum Gasteiger partial charge on any atom is 0.255 e. The van der Waals surface area contributed by atoms with Crippen LogP contribution >= 0.6 is 0 Å². The van der Waals surface area contributed by atoms with Crippen LogP contribution in [0.4, 0.5) is 0 Å². The molecular weight excluding hydrogens is 292 g/mol. The molecule has 6 nitrogen and oxygen atoms in total. The van der Waals surface area contributed by atoms with Crippen LogP contribution in [0.2, 0.25) is 0 Å². The van der Waals surface area contributed by atoms with Crippen LogP contribution < -0.4 is 10.6 Å². The third-order valence-electron chi connectivity index (χ3n) is 4.93. The van der Waals surface area contributed by atoms with Crippen molar-refractivity contribution in [2.45, 2.75) is 38.6 Å². The molecule has 3 rings (SSSR count). The van der Waals surface area contributed by atoms with Crippen LogP contribution in [0.15, 0.2) is 12.4 Å². The van der Waals surface area contributed by atoms with Crippen molar-refractivity contribution in [2.75, 3.05) is 26.2 Å². The molecule has 1 aromatic heterocycles. The number of hydrogen-bond donors (Lipinski definition) is 3. The van der Waals surface area contributed by atoms with Crippen LogP contribution in [0, 0.1) is 12.8 Å². The first kappa shape index (κ1) is 16.1. The Morgan fingerprint density at radius 2 is 2.17 bits per heavy atom. The summed E-state index contributed by atoms with van der Waals surface area (Å²) < 4.78 is 0. The van der Waals surface area contributed by atoms with E-state index in [1.54, 1.807) is 6.20 Å². The first-order valence-electron chi connectivity index (χ1n) is 8.59. The Morgan fingerprint density at radius 3 is 2.87 bits per heavy atom. The number of piperidine rings is 1. The zero-order chi connectivity index (χ0) is 16.2. The summed E-state index contributed by atoms with van der Waals surface area (Å²) in [6, 6.07) is -0.0289. The Morgan fingerprint density at radius 1 is 1.30 bits per heavy atom. The number of amides is 2. The second-order valence-corrected chi connectivity index (χ2v) is 6.71. The van der Waals surface area contributed by atoms with Gasteiger partial charge < -0.3 is 20.5 Å². The normalized spacial score (nSPS) is 24.7. The van der Waals surface area contributed by atoms with Gasteiger partial charge in [-0.1, -0.05) is 0 Å². The van der Waals surface area contributed by atoms with Gasteiger partial charge in [-0.15, -0.1) is 0 Å². The molecule has 6 heteroatoms. The summed E-state index contributed by atoms with van der Waals surface area (Å²) in [5.74, 6) is 0.543. The van der Waals surface area contributed by atoms with E-state index < -0.39 is 0 Å². The maximum absolute atomic E-state index is 12.6. The molecule has 3 N–H and O–H groups in total. The molecule has 2 saturated heterocycles. The molecule has 0 aromatic carbocycles. The third kappa shape index (κ3) is 3.75. The van der Waals surface area contributed by atoms with Crippen molar-refractivity contribution in [2.24, 2.45) is 5.92 Å². The smallest absolute Gasteiger partial charge is 0.255 e. The summed E-state index contributed by atoms with van der Waals surface area (Å²) in [5.41, 5.74) is 1.74. The molecule has 2 aliphatic rings.